The summed E-state index contributed by atoms with van der Waals surface area (Å²) >= 11 is 5.98. The molecule has 2 heterocycles. The van der Waals surface area contributed by atoms with Gasteiger partial charge in [-0.25, -0.2) is 4.79 Å². The fraction of sp³-hybridized carbons (Fsp3) is 0.478. The van der Waals surface area contributed by atoms with Gasteiger partial charge in [-0.05, 0) is 31.0 Å². The quantitative estimate of drug-likeness (QED) is 0.488. The van der Waals surface area contributed by atoms with E-state index in [4.69, 9.17) is 20.9 Å². The predicted octanol–water partition coefficient (Wildman–Crippen LogP) is 2.13. The van der Waals surface area contributed by atoms with Crippen LogP contribution >= 0.6 is 11.6 Å². The number of halogens is 1. The molecule has 3 rings (SSSR count). The second-order valence-electron chi connectivity index (χ2n) is 8.20. The molecule has 3 amide bonds. The molecule has 1 saturated heterocycles. The third-order valence-corrected chi connectivity index (χ3v) is 5.65. The van der Waals surface area contributed by atoms with E-state index in [2.05, 4.69) is 15.8 Å². The monoisotopic (exact) mass is 492 g/mol. The van der Waals surface area contributed by atoms with Gasteiger partial charge in [0.1, 0.15) is 18.4 Å². The lowest BCUT2D eigenvalue weighted by Crippen LogP contribution is -2.48. The molecule has 1 fully saturated rings. The molecule has 2 aromatic rings. The van der Waals surface area contributed by atoms with Crippen LogP contribution in [0.2, 0.25) is 5.02 Å². The van der Waals surface area contributed by atoms with Crippen LogP contribution in [0, 0.1) is 6.92 Å². The van der Waals surface area contributed by atoms with E-state index in [0.29, 0.717) is 28.6 Å². The minimum Gasteiger partial charge on any atom is -0.447 e. The van der Waals surface area contributed by atoms with Crippen LogP contribution in [0.4, 0.5) is 4.79 Å². The number of nitrogens with zero attached hydrogens (tertiary/aromatic N) is 2. The van der Waals surface area contributed by atoms with Crippen LogP contribution in [0.5, 0.6) is 0 Å². The minimum atomic E-state index is -0.879. The van der Waals surface area contributed by atoms with Crippen molar-refractivity contribution in [1.82, 2.24) is 20.7 Å². The number of rotatable bonds is 9. The number of aliphatic hydroxyl groups is 1. The largest absolute Gasteiger partial charge is 0.447 e. The summed E-state index contributed by atoms with van der Waals surface area (Å²) in [6, 6.07) is 6.87. The maximum absolute atomic E-state index is 13.2. The normalized spacial score (nSPS) is 18.4. The predicted molar refractivity (Wildman–Crippen MR) is 123 cm³/mol. The molecule has 10 nitrogen and oxygen atoms in total. The molecule has 34 heavy (non-hydrogen) atoms. The van der Waals surface area contributed by atoms with Crippen molar-refractivity contribution in [2.75, 3.05) is 19.7 Å². The SMILES string of the molecule is CCCNC(=O)OCC(NC(=O)C1CC(O)CN1C(=O)Cc1cc(C)no1)c1ccc(Cl)cc1. The van der Waals surface area contributed by atoms with Crippen LogP contribution in [0.3, 0.4) is 0 Å². The molecule has 1 aromatic heterocycles. The van der Waals surface area contributed by atoms with E-state index in [-0.39, 0.29) is 31.9 Å². The highest BCUT2D eigenvalue weighted by Crippen LogP contribution is 2.23. The molecule has 184 valence electrons. The van der Waals surface area contributed by atoms with Gasteiger partial charge < -0.3 is 29.9 Å². The summed E-state index contributed by atoms with van der Waals surface area (Å²) in [5.41, 5.74) is 1.32. The number of hydrogen-bond donors (Lipinski definition) is 3. The first kappa shape index (κ1) is 25.5. The Morgan fingerprint density at radius 3 is 2.71 bits per heavy atom. The minimum absolute atomic E-state index is 0.0333. The highest BCUT2D eigenvalue weighted by molar-refractivity contribution is 6.30. The third-order valence-electron chi connectivity index (χ3n) is 5.39. The average Bonchev–Trinajstić information content (AvgIpc) is 3.40. The lowest BCUT2D eigenvalue weighted by molar-refractivity contribution is -0.138. The Hall–Kier alpha value is -3.11. The maximum atomic E-state index is 13.2. The average molecular weight is 493 g/mol. The van der Waals surface area contributed by atoms with E-state index in [1.807, 2.05) is 6.92 Å². The number of aromatic nitrogens is 1. The fourth-order valence-corrected chi connectivity index (χ4v) is 3.84. The fourth-order valence-electron chi connectivity index (χ4n) is 3.71. The van der Waals surface area contributed by atoms with Gasteiger partial charge in [0.15, 0.2) is 0 Å². The van der Waals surface area contributed by atoms with Crippen LogP contribution in [0.15, 0.2) is 34.9 Å². The standard InChI is InChI=1S/C23H29ClN4O6/c1-3-8-25-23(32)33-13-19(15-4-6-16(24)7-5-15)26-22(31)20-10-17(29)12-28(20)21(30)11-18-9-14(2)27-34-18/h4-7,9,17,19-20,29H,3,8,10-13H2,1-2H3,(H,25,32)(H,26,31). The first-order valence-corrected chi connectivity index (χ1v) is 11.5. The Balaban J connectivity index is 1.70. The van der Waals surface area contributed by atoms with Crippen LogP contribution in [0.1, 0.15) is 42.8 Å². The first-order valence-electron chi connectivity index (χ1n) is 11.1. The van der Waals surface area contributed by atoms with Crippen LogP contribution < -0.4 is 10.6 Å². The second kappa shape index (κ2) is 11.8. The summed E-state index contributed by atoms with van der Waals surface area (Å²) in [7, 11) is 0. The summed E-state index contributed by atoms with van der Waals surface area (Å²) < 4.78 is 10.4. The van der Waals surface area contributed by atoms with E-state index in [1.54, 1.807) is 37.3 Å². The van der Waals surface area contributed by atoms with E-state index in [1.165, 1.54) is 4.90 Å². The highest BCUT2D eigenvalue weighted by Gasteiger charge is 2.39. The van der Waals surface area contributed by atoms with E-state index in [0.717, 1.165) is 6.42 Å². The highest BCUT2D eigenvalue weighted by atomic mass is 35.5. The summed E-state index contributed by atoms with van der Waals surface area (Å²) in [6.45, 7) is 4.05. The number of amides is 3. The zero-order valence-electron chi connectivity index (χ0n) is 19.1. The van der Waals surface area contributed by atoms with Gasteiger partial charge in [-0.1, -0.05) is 35.8 Å². The van der Waals surface area contributed by atoms with Crippen LogP contribution in [-0.2, 0) is 20.7 Å². The molecule has 1 aromatic carbocycles. The number of carbonyl (C=O) groups excluding carboxylic acids is 3. The number of nitrogens with one attached hydrogen (secondary N) is 2. The molecule has 0 saturated carbocycles. The third kappa shape index (κ3) is 6.94. The van der Waals surface area contributed by atoms with Crippen molar-refractivity contribution in [3.05, 3.63) is 52.4 Å². The number of β-amino-alcohol motifs (C(OH)–C–C–N with tert-alkyl or cyclic N) is 1. The van der Waals surface area contributed by atoms with Crippen molar-refractivity contribution in [1.29, 1.82) is 0 Å². The van der Waals surface area contributed by atoms with Crippen molar-refractivity contribution in [3.8, 4) is 0 Å². The number of ether oxygens (including phenoxy) is 1. The number of aryl methyl sites for hydroxylation is 1. The number of hydrogen-bond acceptors (Lipinski definition) is 7. The molecule has 0 spiro atoms. The zero-order chi connectivity index (χ0) is 24.7. The molecule has 0 aliphatic carbocycles. The van der Waals surface area contributed by atoms with Gasteiger partial charge >= 0.3 is 6.09 Å². The van der Waals surface area contributed by atoms with Crippen molar-refractivity contribution < 1.29 is 28.8 Å². The summed E-state index contributed by atoms with van der Waals surface area (Å²) in [5, 5.41) is 19.9. The molecule has 0 bridgehead atoms. The van der Waals surface area contributed by atoms with E-state index in [9.17, 15) is 19.5 Å². The maximum Gasteiger partial charge on any atom is 0.407 e. The van der Waals surface area contributed by atoms with Gasteiger partial charge in [-0.15, -0.1) is 0 Å². The number of alkyl carbamates (subject to hydrolysis) is 1. The molecular formula is C23H29ClN4O6. The molecule has 3 N–H and O–H groups in total. The Bertz CT molecular complexity index is 996. The van der Waals surface area contributed by atoms with Crippen LogP contribution in [-0.4, -0.2) is 64.9 Å². The number of aliphatic hydroxyl groups excluding tert-OH is 1. The van der Waals surface area contributed by atoms with Gasteiger partial charge in [0.2, 0.25) is 11.8 Å². The van der Waals surface area contributed by atoms with Gasteiger partial charge in [0.25, 0.3) is 0 Å². The van der Waals surface area contributed by atoms with E-state index >= 15 is 0 Å². The molecule has 11 heteroatoms. The van der Waals surface area contributed by atoms with Crippen LogP contribution in [0.25, 0.3) is 0 Å². The van der Waals surface area contributed by atoms with E-state index < -0.39 is 30.2 Å². The van der Waals surface area contributed by atoms with Gasteiger partial charge in [-0.3, -0.25) is 9.59 Å². The second-order valence-corrected chi connectivity index (χ2v) is 8.64. The number of likely N-dealkylation sites (tertiary alicyclic amines) is 1. The topological polar surface area (TPSA) is 134 Å². The van der Waals surface area contributed by atoms with Crippen molar-refractivity contribution in [2.24, 2.45) is 0 Å². The molecule has 3 unspecified atom stereocenters. The smallest absolute Gasteiger partial charge is 0.407 e. The zero-order valence-corrected chi connectivity index (χ0v) is 19.9. The molecule has 1 aliphatic heterocycles. The molecule has 1 aliphatic rings. The molecular weight excluding hydrogens is 464 g/mol. The van der Waals surface area contributed by atoms with Gasteiger partial charge in [0.05, 0.1) is 24.3 Å². The molecule has 0 radical (unpaired) electrons. The van der Waals surface area contributed by atoms with Gasteiger partial charge in [0, 0.05) is 30.6 Å². The lowest BCUT2D eigenvalue weighted by atomic mass is 10.1. The Kier molecular flexibility index (Phi) is 8.89. The Morgan fingerprint density at radius 2 is 2.06 bits per heavy atom. The van der Waals surface area contributed by atoms with Gasteiger partial charge in [-0.2, -0.15) is 0 Å². The molecule has 3 atom stereocenters. The van der Waals surface area contributed by atoms with Crippen molar-refractivity contribution >= 4 is 29.5 Å². The Morgan fingerprint density at radius 1 is 1.32 bits per heavy atom. The van der Waals surface area contributed by atoms with Crippen molar-refractivity contribution in [3.63, 3.8) is 0 Å². The Labute approximate surface area is 202 Å². The lowest BCUT2D eigenvalue weighted by Gasteiger charge is -2.26. The first-order chi connectivity index (χ1) is 16.3. The number of carbonyl (C=O) groups is 3. The van der Waals surface area contributed by atoms with Crippen molar-refractivity contribution in [2.45, 2.75) is 51.3 Å². The summed E-state index contributed by atoms with van der Waals surface area (Å²) in [5.74, 6) is -0.434. The summed E-state index contributed by atoms with van der Waals surface area (Å²) in [6.07, 6.45) is -0.642. The number of benzene rings is 1. The summed E-state index contributed by atoms with van der Waals surface area (Å²) in [4.78, 5) is 39.3.